The van der Waals surface area contributed by atoms with Gasteiger partial charge in [-0.1, -0.05) is 30.3 Å². The molecular formula is C17H17N3O2. The Morgan fingerprint density at radius 2 is 1.91 bits per heavy atom. The minimum Gasteiger partial charge on any atom is -0.388 e. The van der Waals surface area contributed by atoms with Gasteiger partial charge in [-0.05, 0) is 30.7 Å². The highest BCUT2D eigenvalue weighted by Gasteiger charge is 2.13. The fourth-order valence-electron chi connectivity index (χ4n) is 2.47. The summed E-state index contributed by atoms with van der Waals surface area (Å²) in [6.45, 7) is 1.86. The van der Waals surface area contributed by atoms with Gasteiger partial charge in [0.2, 0.25) is 5.91 Å². The first-order chi connectivity index (χ1) is 10.7. The largest absolute Gasteiger partial charge is 0.388 e. The highest BCUT2D eigenvalue weighted by atomic mass is 16.3. The lowest BCUT2D eigenvalue weighted by Crippen LogP contribution is -2.20. The van der Waals surface area contributed by atoms with E-state index in [9.17, 15) is 9.90 Å². The van der Waals surface area contributed by atoms with Crippen molar-refractivity contribution in [3.05, 3.63) is 59.9 Å². The first-order valence-corrected chi connectivity index (χ1v) is 7.09. The van der Waals surface area contributed by atoms with E-state index in [4.69, 9.17) is 0 Å². The highest BCUT2D eigenvalue weighted by Crippen LogP contribution is 2.17. The fraction of sp³-hybridized carbons (Fsp3) is 0.176. The van der Waals surface area contributed by atoms with E-state index in [1.807, 2.05) is 55.5 Å². The normalized spacial score (nSPS) is 10.8. The van der Waals surface area contributed by atoms with Crippen LogP contribution in [0.1, 0.15) is 11.4 Å². The van der Waals surface area contributed by atoms with Gasteiger partial charge < -0.3 is 15.0 Å². The van der Waals surface area contributed by atoms with E-state index in [0.717, 1.165) is 22.3 Å². The first-order valence-electron chi connectivity index (χ1n) is 7.09. The van der Waals surface area contributed by atoms with Crippen LogP contribution in [0.4, 0.5) is 5.69 Å². The number of carbonyl (C=O) groups excluding carboxylic acids is 1. The maximum Gasteiger partial charge on any atom is 0.244 e. The maximum atomic E-state index is 12.3. The van der Waals surface area contributed by atoms with E-state index in [0.29, 0.717) is 5.82 Å². The zero-order valence-electron chi connectivity index (χ0n) is 12.3. The number of amides is 1. The van der Waals surface area contributed by atoms with Crippen LogP contribution in [0.15, 0.2) is 48.5 Å². The summed E-state index contributed by atoms with van der Waals surface area (Å²) in [6, 6.07) is 15.2. The Bertz CT molecular complexity index is 824. The van der Waals surface area contributed by atoms with Crippen molar-refractivity contribution in [2.75, 3.05) is 5.32 Å². The number of rotatable bonds is 4. The van der Waals surface area contributed by atoms with Gasteiger partial charge in [-0.2, -0.15) is 0 Å². The highest BCUT2D eigenvalue weighted by molar-refractivity contribution is 5.92. The van der Waals surface area contributed by atoms with Crippen LogP contribution in [0.3, 0.4) is 0 Å². The summed E-state index contributed by atoms with van der Waals surface area (Å²) in [5.41, 5.74) is 3.41. The smallest absolute Gasteiger partial charge is 0.244 e. The number of aliphatic hydroxyl groups is 1. The van der Waals surface area contributed by atoms with Crippen molar-refractivity contribution in [3.63, 3.8) is 0 Å². The van der Waals surface area contributed by atoms with Crippen LogP contribution in [0, 0.1) is 6.92 Å². The predicted molar refractivity (Wildman–Crippen MR) is 85.5 cm³/mol. The van der Waals surface area contributed by atoms with Crippen molar-refractivity contribution in [1.82, 2.24) is 9.55 Å². The standard InChI is InChI=1S/C17H17N3O2/c1-12-6-2-3-7-13(12)19-17(22)10-20-15-9-5-4-8-14(15)18-16(20)11-21/h2-9,21H,10-11H2,1H3,(H,19,22). The third-order valence-electron chi connectivity index (χ3n) is 3.60. The predicted octanol–water partition coefficient (Wildman–Crippen LogP) is 2.48. The second-order valence-electron chi connectivity index (χ2n) is 5.12. The van der Waals surface area contributed by atoms with Gasteiger partial charge in [-0.25, -0.2) is 4.98 Å². The number of aryl methyl sites for hydroxylation is 1. The molecule has 0 saturated heterocycles. The van der Waals surface area contributed by atoms with Crippen molar-refractivity contribution in [3.8, 4) is 0 Å². The summed E-state index contributed by atoms with van der Waals surface area (Å²) in [6.07, 6.45) is 0. The Morgan fingerprint density at radius 1 is 1.18 bits per heavy atom. The Kier molecular flexibility index (Phi) is 3.89. The Morgan fingerprint density at radius 3 is 2.68 bits per heavy atom. The average molecular weight is 295 g/mol. The van der Waals surface area contributed by atoms with Crippen LogP contribution in [-0.2, 0) is 17.9 Å². The number of para-hydroxylation sites is 3. The molecule has 3 rings (SSSR count). The van der Waals surface area contributed by atoms with Crippen LogP contribution in [0.2, 0.25) is 0 Å². The molecular weight excluding hydrogens is 278 g/mol. The summed E-state index contributed by atoms with van der Waals surface area (Å²) in [5.74, 6) is 0.341. The number of aromatic nitrogens is 2. The van der Waals surface area contributed by atoms with Crippen molar-refractivity contribution in [1.29, 1.82) is 0 Å². The lowest BCUT2D eigenvalue weighted by molar-refractivity contribution is -0.116. The molecule has 1 amide bonds. The van der Waals surface area contributed by atoms with Crippen molar-refractivity contribution >= 4 is 22.6 Å². The Hall–Kier alpha value is -2.66. The topological polar surface area (TPSA) is 67.2 Å². The number of hydrogen-bond acceptors (Lipinski definition) is 3. The zero-order chi connectivity index (χ0) is 15.5. The molecule has 0 saturated carbocycles. The van der Waals surface area contributed by atoms with Gasteiger partial charge in [0.1, 0.15) is 19.0 Å². The first kappa shape index (κ1) is 14.3. The maximum absolute atomic E-state index is 12.3. The van der Waals surface area contributed by atoms with Crippen LogP contribution in [0.25, 0.3) is 11.0 Å². The van der Waals surface area contributed by atoms with E-state index in [-0.39, 0.29) is 19.1 Å². The summed E-state index contributed by atoms with van der Waals surface area (Å²) in [4.78, 5) is 16.6. The molecule has 0 aliphatic carbocycles. The van der Waals surface area contributed by atoms with E-state index < -0.39 is 0 Å². The number of fused-ring (bicyclic) bond motifs is 1. The van der Waals surface area contributed by atoms with Crippen LogP contribution in [-0.4, -0.2) is 20.6 Å². The molecule has 0 radical (unpaired) electrons. The van der Waals surface area contributed by atoms with E-state index in [1.54, 1.807) is 4.57 Å². The second kappa shape index (κ2) is 5.99. The molecule has 112 valence electrons. The third-order valence-corrected chi connectivity index (χ3v) is 3.60. The van der Waals surface area contributed by atoms with Crippen LogP contribution >= 0.6 is 0 Å². The minimum absolute atomic E-state index is 0.116. The Labute approximate surface area is 128 Å². The van der Waals surface area contributed by atoms with Gasteiger partial charge in [-0.3, -0.25) is 4.79 Å². The average Bonchev–Trinajstić information content (AvgIpc) is 2.87. The second-order valence-corrected chi connectivity index (χ2v) is 5.12. The van der Waals surface area contributed by atoms with Crippen molar-refractivity contribution in [2.24, 2.45) is 0 Å². The van der Waals surface area contributed by atoms with Crippen LogP contribution in [0.5, 0.6) is 0 Å². The minimum atomic E-state index is -0.202. The lowest BCUT2D eigenvalue weighted by Gasteiger charge is -2.10. The number of nitrogens with one attached hydrogen (secondary N) is 1. The van der Waals surface area contributed by atoms with Crippen molar-refractivity contribution in [2.45, 2.75) is 20.1 Å². The van der Waals surface area contributed by atoms with Crippen molar-refractivity contribution < 1.29 is 9.90 Å². The number of anilines is 1. The number of aliphatic hydroxyl groups excluding tert-OH is 1. The summed E-state index contributed by atoms with van der Waals surface area (Å²) >= 11 is 0. The molecule has 3 aromatic rings. The van der Waals surface area contributed by atoms with Gasteiger partial charge in [0.25, 0.3) is 0 Å². The SMILES string of the molecule is Cc1ccccc1NC(=O)Cn1c(CO)nc2ccccc21. The summed E-state index contributed by atoms with van der Waals surface area (Å²) < 4.78 is 1.74. The molecule has 0 aliphatic rings. The Balaban J connectivity index is 1.86. The number of imidazole rings is 1. The number of carbonyl (C=O) groups is 1. The molecule has 2 aromatic carbocycles. The molecule has 1 aromatic heterocycles. The number of benzene rings is 2. The molecule has 2 N–H and O–H groups in total. The van der Waals surface area contributed by atoms with Crippen LogP contribution < -0.4 is 5.32 Å². The fourth-order valence-corrected chi connectivity index (χ4v) is 2.47. The zero-order valence-corrected chi connectivity index (χ0v) is 12.3. The van der Waals surface area contributed by atoms with E-state index in [1.165, 1.54) is 0 Å². The van der Waals surface area contributed by atoms with Gasteiger partial charge in [0.05, 0.1) is 11.0 Å². The molecule has 0 aliphatic heterocycles. The molecule has 0 spiro atoms. The molecule has 0 bridgehead atoms. The van der Waals surface area contributed by atoms with Gasteiger partial charge in [0, 0.05) is 5.69 Å². The monoisotopic (exact) mass is 295 g/mol. The molecule has 22 heavy (non-hydrogen) atoms. The molecule has 0 fully saturated rings. The number of hydrogen-bond donors (Lipinski definition) is 2. The van der Waals surface area contributed by atoms with E-state index >= 15 is 0 Å². The van der Waals surface area contributed by atoms with Gasteiger partial charge >= 0.3 is 0 Å². The number of nitrogens with zero attached hydrogens (tertiary/aromatic N) is 2. The molecule has 1 heterocycles. The molecule has 0 unspecified atom stereocenters. The summed E-state index contributed by atoms with van der Waals surface area (Å²) in [7, 11) is 0. The molecule has 5 nitrogen and oxygen atoms in total. The molecule has 0 atom stereocenters. The molecule has 5 heteroatoms. The summed E-state index contributed by atoms with van der Waals surface area (Å²) in [5, 5.41) is 12.3. The lowest BCUT2D eigenvalue weighted by atomic mass is 10.2. The quantitative estimate of drug-likeness (QED) is 0.777. The van der Waals surface area contributed by atoms with Gasteiger partial charge in [0.15, 0.2) is 0 Å². The van der Waals surface area contributed by atoms with E-state index in [2.05, 4.69) is 10.3 Å². The van der Waals surface area contributed by atoms with Gasteiger partial charge in [-0.15, -0.1) is 0 Å². The third kappa shape index (κ3) is 2.71.